The molecule has 1 aliphatic rings. The van der Waals surface area contributed by atoms with Crippen molar-refractivity contribution in [3.63, 3.8) is 0 Å². The number of methoxy groups -OCH3 is 1. The fourth-order valence-electron chi connectivity index (χ4n) is 2.64. The van der Waals surface area contributed by atoms with Gasteiger partial charge < -0.3 is 19.1 Å². The van der Waals surface area contributed by atoms with Crippen molar-refractivity contribution in [2.24, 2.45) is 0 Å². The molecule has 0 aromatic heterocycles. The van der Waals surface area contributed by atoms with E-state index in [1.165, 1.54) is 0 Å². The number of carbonyl (C=O) groups excluding carboxylic acids is 1. The summed E-state index contributed by atoms with van der Waals surface area (Å²) in [5.41, 5.74) is 2.15. The Kier molecular flexibility index (Phi) is 4.89. The molecule has 5 nitrogen and oxygen atoms in total. The van der Waals surface area contributed by atoms with Crippen LogP contribution >= 0.6 is 0 Å². The monoisotopic (exact) mass is 327 g/mol. The van der Waals surface area contributed by atoms with Gasteiger partial charge in [0.15, 0.2) is 11.5 Å². The average Bonchev–Trinajstić information content (AvgIpc) is 3.07. The van der Waals surface area contributed by atoms with E-state index in [9.17, 15) is 4.79 Å². The Morgan fingerprint density at radius 3 is 2.54 bits per heavy atom. The minimum absolute atomic E-state index is 0.114. The highest BCUT2D eigenvalue weighted by Gasteiger charge is 2.15. The number of carbonyl (C=O) groups is 1. The molecular formula is C19H21NO4. The molecule has 1 amide bonds. The largest absolute Gasteiger partial charge is 0.497 e. The second-order valence-corrected chi connectivity index (χ2v) is 5.79. The van der Waals surface area contributed by atoms with Gasteiger partial charge in [0.1, 0.15) is 5.75 Å². The van der Waals surface area contributed by atoms with Gasteiger partial charge in [-0.1, -0.05) is 18.2 Å². The summed E-state index contributed by atoms with van der Waals surface area (Å²) in [6.45, 7) is 0.813. The van der Waals surface area contributed by atoms with E-state index in [4.69, 9.17) is 14.2 Å². The van der Waals surface area contributed by atoms with Crippen molar-refractivity contribution in [2.45, 2.75) is 19.4 Å². The molecule has 3 rings (SSSR count). The van der Waals surface area contributed by atoms with Crippen LogP contribution in [0, 0.1) is 0 Å². The second-order valence-electron chi connectivity index (χ2n) is 5.79. The van der Waals surface area contributed by atoms with E-state index in [1.807, 2.05) is 49.5 Å². The van der Waals surface area contributed by atoms with Crippen LogP contribution in [-0.4, -0.2) is 31.8 Å². The molecule has 2 aromatic carbocycles. The lowest BCUT2D eigenvalue weighted by molar-refractivity contribution is -0.130. The van der Waals surface area contributed by atoms with Crippen molar-refractivity contribution in [3.05, 3.63) is 53.6 Å². The SMILES string of the molecule is COc1ccc(CCC(=O)N(C)Cc2ccc3c(c2)OCO3)cc1. The Morgan fingerprint density at radius 2 is 1.79 bits per heavy atom. The van der Waals surface area contributed by atoms with Crippen molar-refractivity contribution in [2.75, 3.05) is 21.0 Å². The third-order valence-corrected chi connectivity index (χ3v) is 4.07. The number of ether oxygens (including phenoxy) is 3. The molecule has 0 spiro atoms. The Morgan fingerprint density at radius 1 is 1.08 bits per heavy atom. The summed E-state index contributed by atoms with van der Waals surface area (Å²) >= 11 is 0. The van der Waals surface area contributed by atoms with Crippen LogP contribution in [0.4, 0.5) is 0 Å². The molecule has 0 saturated carbocycles. The van der Waals surface area contributed by atoms with Crippen LogP contribution < -0.4 is 14.2 Å². The van der Waals surface area contributed by atoms with Crippen LogP contribution in [0.3, 0.4) is 0 Å². The number of rotatable bonds is 6. The van der Waals surface area contributed by atoms with E-state index in [-0.39, 0.29) is 12.7 Å². The van der Waals surface area contributed by atoms with Crippen LogP contribution in [-0.2, 0) is 17.8 Å². The topological polar surface area (TPSA) is 48.0 Å². The second kappa shape index (κ2) is 7.25. The third-order valence-electron chi connectivity index (χ3n) is 4.07. The number of benzene rings is 2. The van der Waals surface area contributed by atoms with Gasteiger partial charge in [-0.25, -0.2) is 0 Å². The van der Waals surface area contributed by atoms with E-state index in [0.717, 1.165) is 28.4 Å². The molecule has 24 heavy (non-hydrogen) atoms. The van der Waals surface area contributed by atoms with Crippen molar-refractivity contribution in [3.8, 4) is 17.2 Å². The highest BCUT2D eigenvalue weighted by molar-refractivity contribution is 5.76. The molecule has 0 bridgehead atoms. The van der Waals surface area contributed by atoms with Crippen LogP contribution in [0.1, 0.15) is 17.5 Å². The summed E-state index contributed by atoms with van der Waals surface area (Å²) in [5, 5.41) is 0. The highest BCUT2D eigenvalue weighted by atomic mass is 16.7. The van der Waals surface area contributed by atoms with E-state index in [2.05, 4.69) is 0 Å². The number of nitrogens with zero attached hydrogens (tertiary/aromatic N) is 1. The first kappa shape index (κ1) is 16.2. The molecular weight excluding hydrogens is 306 g/mol. The fourth-order valence-corrected chi connectivity index (χ4v) is 2.64. The predicted octanol–water partition coefficient (Wildman–Crippen LogP) is 3.02. The maximum atomic E-state index is 12.3. The lowest BCUT2D eigenvalue weighted by atomic mass is 10.1. The number of hydrogen-bond donors (Lipinski definition) is 0. The molecule has 5 heteroatoms. The number of amides is 1. The Bertz CT molecular complexity index is 712. The maximum Gasteiger partial charge on any atom is 0.231 e. The molecule has 0 fully saturated rings. The zero-order valence-electron chi connectivity index (χ0n) is 14.0. The first-order valence-electron chi connectivity index (χ1n) is 7.91. The smallest absolute Gasteiger partial charge is 0.231 e. The first-order chi connectivity index (χ1) is 11.7. The van der Waals surface area contributed by atoms with Crippen LogP contribution in [0.25, 0.3) is 0 Å². The van der Waals surface area contributed by atoms with Crippen LogP contribution in [0.15, 0.2) is 42.5 Å². The molecule has 0 atom stereocenters. The molecule has 0 saturated heterocycles. The summed E-state index contributed by atoms with van der Waals surface area (Å²) in [4.78, 5) is 14.1. The van der Waals surface area contributed by atoms with Gasteiger partial charge in [-0.05, 0) is 41.8 Å². The summed E-state index contributed by atoms with van der Waals surface area (Å²) in [5.74, 6) is 2.44. The molecule has 1 aliphatic heterocycles. The molecule has 0 unspecified atom stereocenters. The van der Waals surface area contributed by atoms with E-state index in [1.54, 1.807) is 12.0 Å². The van der Waals surface area contributed by atoms with E-state index in [0.29, 0.717) is 19.4 Å². The molecule has 0 N–H and O–H groups in total. The highest BCUT2D eigenvalue weighted by Crippen LogP contribution is 2.32. The minimum atomic E-state index is 0.114. The van der Waals surface area contributed by atoms with E-state index < -0.39 is 0 Å². The van der Waals surface area contributed by atoms with Gasteiger partial charge in [0.05, 0.1) is 7.11 Å². The van der Waals surface area contributed by atoms with Gasteiger partial charge in [0, 0.05) is 20.0 Å². The lowest BCUT2D eigenvalue weighted by Crippen LogP contribution is -2.26. The van der Waals surface area contributed by atoms with Crippen molar-refractivity contribution in [1.29, 1.82) is 0 Å². The van der Waals surface area contributed by atoms with Crippen molar-refractivity contribution in [1.82, 2.24) is 4.90 Å². The molecule has 1 heterocycles. The van der Waals surface area contributed by atoms with Crippen molar-refractivity contribution >= 4 is 5.91 Å². The van der Waals surface area contributed by atoms with E-state index >= 15 is 0 Å². The number of aryl methyl sites for hydroxylation is 1. The molecule has 0 radical (unpaired) electrons. The molecule has 126 valence electrons. The summed E-state index contributed by atoms with van der Waals surface area (Å²) in [6, 6.07) is 13.6. The number of fused-ring (bicyclic) bond motifs is 1. The van der Waals surface area contributed by atoms with Gasteiger partial charge in [-0.3, -0.25) is 4.79 Å². The average molecular weight is 327 g/mol. The normalized spacial score (nSPS) is 12.1. The molecule has 2 aromatic rings. The van der Waals surface area contributed by atoms with Crippen LogP contribution in [0.2, 0.25) is 0 Å². The third kappa shape index (κ3) is 3.79. The van der Waals surface area contributed by atoms with Gasteiger partial charge in [-0.2, -0.15) is 0 Å². The van der Waals surface area contributed by atoms with Crippen LogP contribution in [0.5, 0.6) is 17.2 Å². The quantitative estimate of drug-likeness (QED) is 0.818. The summed E-state index contributed by atoms with van der Waals surface area (Å²) in [7, 11) is 3.46. The Labute approximate surface area is 141 Å². The molecule has 0 aliphatic carbocycles. The Hall–Kier alpha value is -2.69. The summed E-state index contributed by atoms with van der Waals surface area (Å²) in [6.07, 6.45) is 1.20. The Balaban J connectivity index is 1.52. The van der Waals surface area contributed by atoms with Gasteiger partial charge in [-0.15, -0.1) is 0 Å². The minimum Gasteiger partial charge on any atom is -0.497 e. The maximum absolute atomic E-state index is 12.3. The predicted molar refractivity (Wildman–Crippen MR) is 90.4 cm³/mol. The first-order valence-corrected chi connectivity index (χ1v) is 7.91. The lowest BCUT2D eigenvalue weighted by Gasteiger charge is -2.17. The van der Waals surface area contributed by atoms with Gasteiger partial charge >= 0.3 is 0 Å². The van der Waals surface area contributed by atoms with Gasteiger partial charge in [0.25, 0.3) is 0 Å². The standard InChI is InChI=1S/C19H21NO4/c1-20(12-15-5-9-17-18(11-15)24-13-23-17)19(21)10-6-14-3-7-16(22-2)8-4-14/h3-5,7-9,11H,6,10,12-13H2,1-2H3. The zero-order chi connectivity index (χ0) is 16.9. The summed E-state index contributed by atoms with van der Waals surface area (Å²) < 4.78 is 15.8. The fraction of sp³-hybridized carbons (Fsp3) is 0.316. The zero-order valence-corrected chi connectivity index (χ0v) is 14.0. The van der Waals surface area contributed by atoms with Crippen molar-refractivity contribution < 1.29 is 19.0 Å². The number of hydrogen-bond acceptors (Lipinski definition) is 4. The van der Waals surface area contributed by atoms with Gasteiger partial charge in [0.2, 0.25) is 12.7 Å².